The Bertz CT molecular complexity index is 402. The van der Waals surface area contributed by atoms with Crippen LogP contribution in [0.15, 0.2) is 24.3 Å². The molecule has 17 heavy (non-hydrogen) atoms. The Morgan fingerprint density at radius 1 is 1.29 bits per heavy atom. The van der Waals surface area contributed by atoms with Crippen molar-refractivity contribution in [2.75, 3.05) is 6.61 Å². The first-order valence-corrected chi connectivity index (χ1v) is 6.71. The van der Waals surface area contributed by atoms with E-state index in [1.54, 1.807) is 0 Å². The Labute approximate surface area is 103 Å². The highest BCUT2D eigenvalue weighted by atomic mass is 16.5. The molecule has 2 aliphatic rings. The minimum absolute atomic E-state index is 0.273. The van der Waals surface area contributed by atoms with Crippen LogP contribution in [0.2, 0.25) is 0 Å². The van der Waals surface area contributed by atoms with Gasteiger partial charge in [-0.05, 0) is 29.9 Å². The largest absolute Gasteiger partial charge is 0.370 e. The summed E-state index contributed by atoms with van der Waals surface area (Å²) in [5.74, 6) is 0.646. The molecule has 0 radical (unpaired) electrons. The van der Waals surface area contributed by atoms with Crippen molar-refractivity contribution in [2.24, 2.45) is 5.92 Å². The number of ether oxygens (including phenoxy) is 1. The molecule has 2 heteroatoms. The third kappa shape index (κ3) is 2.00. The SMILES string of the molecule is CC(C)C1COC2c3ccccc3CCC2N1. The number of morpholine rings is 1. The molecule has 1 aliphatic heterocycles. The molecule has 1 fully saturated rings. The van der Waals surface area contributed by atoms with Gasteiger partial charge in [-0.15, -0.1) is 0 Å². The van der Waals surface area contributed by atoms with E-state index in [1.165, 1.54) is 24.0 Å². The van der Waals surface area contributed by atoms with E-state index in [9.17, 15) is 0 Å². The van der Waals surface area contributed by atoms with E-state index in [-0.39, 0.29) is 6.10 Å². The minimum atomic E-state index is 0.273. The van der Waals surface area contributed by atoms with Gasteiger partial charge in [0.15, 0.2) is 0 Å². The van der Waals surface area contributed by atoms with E-state index in [0.717, 1.165) is 6.61 Å². The second-order valence-electron chi connectivity index (χ2n) is 5.62. The van der Waals surface area contributed by atoms with Crippen LogP contribution in [0.3, 0.4) is 0 Å². The maximum Gasteiger partial charge on any atom is 0.0981 e. The van der Waals surface area contributed by atoms with Crippen molar-refractivity contribution in [1.82, 2.24) is 5.32 Å². The zero-order valence-electron chi connectivity index (χ0n) is 10.6. The number of fused-ring (bicyclic) bond motifs is 3. The van der Waals surface area contributed by atoms with Crippen LogP contribution in [0.5, 0.6) is 0 Å². The van der Waals surface area contributed by atoms with E-state index in [2.05, 4.69) is 43.4 Å². The second kappa shape index (κ2) is 4.43. The van der Waals surface area contributed by atoms with E-state index in [4.69, 9.17) is 4.74 Å². The lowest BCUT2D eigenvalue weighted by atomic mass is 9.84. The molecule has 0 saturated carbocycles. The molecule has 0 aromatic heterocycles. The highest BCUT2D eigenvalue weighted by Crippen LogP contribution is 2.35. The summed E-state index contributed by atoms with van der Waals surface area (Å²) in [6.45, 7) is 5.36. The van der Waals surface area contributed by atoms with Crippen LogP contribution in [0, 0.1) is 5.92 Å². The van der Waals surface area contributed by atoms with Gasteiger partial charge in [0.2, 0.25) is 0 Å². The lowest BCUT2D eigenvalue weighted by Gasteiger charge is -2.42. The van der Waals surface area contributed by atoms with E-state index < -0.39 is 0 Å². The monoisotopic (exact) mass is 231 g/mol. The summed E-state index contributed by atoms with van der Waals surface area (Å²) in [6.07, 6.45) is 2.65. The second-order valence-corrected chi connectivity index (χ2v) is 5.62. The zero-order valence-corrected chi connectivity index (χ0v) is 10.6. The molecule has 92 valence electrons. The maximum absolute atomic E-state index is 6.12. The number of nitrogens with one attached hydrogen (secondary N) is 1. The van der Waals surface area contributed by atoms with Crippen LogP contribution in [-0.2, 0) is 11.2 Å². The molecule has 1 heterocycles. The van der Waals surface area contributed by atoms with Crippen LogP contribution in [0.4, 0.5) is 0 Å². The van der Waals surface area contributed by atoms with Gasteiger partial charge in [0, 0.05) is 12.1 Å². The summed E-state index contributed by atoms with van der Waals surface area (Å²) in [6, 6.07) is 9.74. The lowest BCUT2D eigenvalue weighted by Crippen LogP contribution is -2.53. The molecular formula is C15H21NO. The minimum Gasteiger partial charge on any atom is -0.370 e. The smallest absolute Gasteiger partial charge is 0.0981 e. The van der Waals surface area contributed by atoms with Crippen LogP contribution in [0.25, 0.3) is 0 Å². The summed E-state index contributed by atoms with van der Waals surface area (Å²) < 4.78 is 6.12. The molecule has 2 nitrogen and oxygen atoms in total. The Hall–Kier alpha value is -0.860. The number of rotatable bonds is 1. The van der Waals surface area contributed by atoms with Gasteiger partial charge in [-0.1, -0.05) is 38.1 Å². The molecule has 0 spiro atoms. The predicted molar refractivity (Wildman–Crippen MR) is 69.0 cm³/mol. The molecule has 1 saturated heterocycles. The Kier molecular flexibility index (Phi) is 2.93. The van der Waals surface area contributed by atoms with Crippen molar-refractivity contribution in [3.63, 3.8) is 0 Å². The zero-order chi connectivity index (χ0) is 11.8. The van der Waals surface area contributed by atoms with Crippen molar-refractivity contribution >= 4 is 0 Å². The summed E-state index contributed by atoms with van der Waals surface area (Å²) in [5, 5.41) is 3.77. The fourth-order valence-electron chi connectivity index (χ4n) is 3.01. The van der Waals surface area contributed by atoms with E-state index in [1.807, 2.05) is 0 Å². The molecule has 1 N–H and O–H groups in total. The van der Waals surface area contributed by atoms with Crippen molar-refractivity contribution < 1.29 is 4.74 Å². The maximum atomic E-state index is 6.12. The molecule has 1 aromatic carbocycles. The van der Waals surface area contributed by atoms with Crippen LogP contribution < -0.4 is 5.32 Å². The van der Waals surface area contributed by atoms with Gasteiger partial charge in [-0.3, -0.25) is 0 Å². The summed E-state index contributed by atoms with van der Waals surface area (Å²) in [5.41, 5.74) is 2.87. The Morgan fingerprint density at radius 2 is 2.12 bits per heavy atom. The molecule has 1 aliphatic carbocycles. The molecule has 0 bridgehead atoms. The average molecular weight is 231 g/mol. The van der Waals surface area contributed by atoms with Gasteiger partial charge in [-0.25, -0.2) is 0 Å². The molecule has 3 rings (SSSR count). The fraction of sp³-hybridized carbons (Fsp3) is 0.600. The quantitative estimate of drug-likeness (QED) is 0.802. The van der Waals surface area contributed by atoms with Crippen molar-refractivity contribution in [1.29, 1.82) is 0 Å². The van der Waals surface area contributed by atoms with Crippen molar-refractivity contribution in [3.8, 4) is 0 Å². The van der Waals surface area contributed by atoms with E-state index >= 15 is 0 Å². The molecule has 0 amide bonds. The van der Waals surface area contributed by atoms with Gasteiger partial charge in [0.25, 0.3) is 0 Å². The lowest BCUT2D eigenvalue weighted by molar-refractivity contribution is -0.0450. The van der Waals surface area contributed by atoms with Crippen LogP contribution in [-0.4, -0.2) is 18.7 Å². The van der Waals surface area contributed by atoms with Gasteiger partial charge in [0.05, 0.1) is 12.7 Å². The third-order valence-electron chi connectivity index (χ3n) is 4.14. The highest BCUT2D eigenvalue weighted by molar-refractivity contribution is 5.33. The number of benzene rings is 1. The van der Waals surface area contributed by atoms with Gasteiger partial charge < -0.3 is 10.1 Å². The van der Waals surface area contributed by atoms with Gasteiger partial charge in [-0.2, -0.15) is 0 Å². The number of hydrogen-bond donors (Lipinski definition) is 1. The predicted octanol–water partition coefficient (Wildman–Crippen LogP) is 2.69. The number of aryl methyl sites for hydroxylation is 1. The molecule has 3 atom stereocenters. The van der Waals surface area contributed by atoms with Gasteiger partial charge in [0.1, 0.15) is 0 Å². The fourth-order valence-corrected chi connectivity index (χ4v) is 3.01. The Morgan fingerprint density at radius 3 is 2.94 bits per heavy atom. The normalized spacial score (nSPS) is 32.1. The highest BCUT2D eigenvalue weighted by Gasteiger charge is 2.36. The van der Waals surface area contributed by atoms with Crippen molar-refractivity contribution in [3.05, 3.63) is 35.4 Å². The van der Waals surface area contributed by atoms with Crippen LogP contribution >= 0.6 is 0 Å². The summed E-state index contributed by atoms with van der Waals surface area (Å²) in [4.78, 5) is 0. The molecule has 1 aromatic rings. The van der Waals surface area contributed by atoms with Crippen molar-refractivity contribution in [2.45, 2.75) is 44.9 Å². The first kappa shape index (κ1) is 11.2. The molecule has 3 unspecified atom stereocenters. The standard InChI is InChI=1S/C15H21NO/c1-10(2)14-9-17-15-12-6-4-3-5-11(12)7-8-13(15)16-14/h3-6,10,13-16H,7-9H2,1-2H3. The summed E-state index contributed by atoms with van der Waals surface area (Å²) >= 11 is 0. The average Bonchev–Trinajstić information content (AvgIpc) is 2.38. The first-order valence-electron chi connectivity index (χ1n) is 6.71. The van der Waals surface area contributed by atoms with Crippen LogP contribution in [0.1, 0.15) is 37.5 Å². The molecular weight excluding hydrogens is 210 g/mol. The topological polar surface area (TPSA) is 21.3 Å². The third-order valence-corrected chi connectivity index (χ3v) is 4.14. The summed E-state index contributed by atoms with van der Waals surface area (Å²) in [7, 11) is 0. The van der Waals surface area contributed by atoms with E-state index in [0.29, 0.717) is 18.0 Å². The first-order chi connectivity index (χ1) is 8.25. The number of hydrogen-bond acceptors (Lipinski definition) is 2. The Balaban J connectivity index is 1.83. The van der Waals surface area contributed by atoms with Gasteiger partial charge >= 0.3 is 0 Å².